The van der Waals surface area contributed by atoms with Crippen molar-refractivity contribution in [2.75, 3.05) is 5.09 Å². The third kappa shape index (κ3) is 4.30. The summed E-state index contributed by atoms with van der Waals surface area (Å²) >= 11 is 0. The molecule has 2 aliphatic rings. The summed E-state index contributed by atoms with van der Waals surface area (Å²) in [6.07, 6.45) is 4.62. The number of hydrogen-bond acceptors (Lipinski definition) is 1. The molecule has 182 valence electrons. The summed E-state index contributed by atoms with van der Waals surface area (Å²) in [5.41, 5.74) is 0.964. The van der Waals surface area contributed by atoms with E-state index in [0.717, 1.165) is 28.0 Å². The molecule has 0 amide bonds. The van der Waals surface area contributed by atoms with Gasteiger partial charge in [-0.05, 0) is 43.2 Å². The first-order valence-electron chi connectivity index (χ1n) is 12.9. The van der Waals surface area contributed by atoms with E-state index >= 15 is 4.57 Å². The van der Waals surface area contributed by atoms with Crippen LogP contribution in [-0.4, -0.2) is 5.66 Å². The van der Waals surface area contributed by atoms with E-state index in [1.54, 1.807) is 0 Å². The van der Waals surface area contributed by atoms with E-state index < -0.39 is 14.5 Å². The molecule has 4 aromatic carbocycles. The van der Waals surface area contributed by atoms with Crippen LogP contribution in [0.25, 0.3) is 0 Å². The topological polar surface area (TPSA) is 41.5 Å². The minimum absolute atomic E-state index is 0.0759. The van der Waals surface area contributed by atoms with Gasteiger partial charge in [0.05, 0.1) is 12.7 Å². The van der Waals surface area contributed by atoms with Crippen LogP contribution in [0.1, 0.15) is 25.7 Å². The van der Waals surface area contributed by atoms with E-state index in [1.165, 1.54) is 19.3 Å². The normalized spacial score (nSPS) is 22.6. The van der Waals surface area contributed by atoms with Gasteiger partial charge in [0.25, 0.3) is 7.44 Å². The molecular weight excluding hydrogens is 478 g/mol. The molecule has 0 aromatic heterocycles. The van der Waals surface area contributed by atoms with E-state index in [0.29, 0.717) is 11.8 Å². The number of hydrogen-bond donors (Lipinski definition) is 1. The van der Waals surface area contributed by atoms with Gasteiger partial charge >= 0.3 is 0 Å². The van der Waals surface area contributed by atoms with Crippen molar-refractivity contribution in [3.8, 4) is 0 Å². The maximum atomic E-state index is 15.5. The first-order valence-corrected chi connectivity index (χ1v) is 16.4. The third-order valence-electron chi connectivity index (χ3n) is 7.87. The highest BCUT2D eigenvalue weighted by molar-refractivity contribution is 7.91. The van der Waals surface area contributed by atoms with E-state index in [9.17, 15) is 0 Å². The van der Waals surface area contributed by atoms with Gasteiger partial charge in [-0.3, -0.25) is 4.57 Å². The van der Waals surface area contributed by atoms with Crippen molar-refractivity contribution in [3.05, 3.63) is 121 Å². The predicted molar refractivity (Wildman–Crippen MR) is 154 cm³/mol. The highest BCUT2D eigenvalue weighted by atomic mass is 31.2. The Labute approximate surface area is 214 Å². The van der Waals surface area contributed by atoms with Gasteiger partial charge < -0.3 is 5.09 Å². The van der Waals surface area contributed by atoms with Gasteiger partial charge in [0.2, 0.25) is 0 Å². The molecule has 1 N–H and O–H groups in total. The quantitative estimate of drug-likeness (QED) is 0.259. The largest absolute Gasteiger partial charge is 0.319 e. The number of nitrogens with one attached hydrogen (secondary N) is 1. The Morgan fingerprint density at radius 3 is 1.50 bits per heavy atom. The van der Waals surface area contributed by atoms with Crippen LogP contribution in [0.5, 0.6) is 0 Å². The molecule has 0 radical (unpaired) electrons. The summed E-state index contributed by atoms with van der Waals surface area (Å²) < 4.78 is 21.2. The number of nitrogens with zero attached hydrogens (tertiary/aromatic N) is 1. The van der Waals surface area contributed by atoms with Crippen molar-refractivity contribution < 1.29 is 4.57 Å². The van der Waals surface area contributed by atoms with E-state index in [1.807, 2.05) is 48.5 Å². The second-order valence-corrected chi connectivity index (χ2v) is 15.7. The third-order valence-corrected chi connectivity index (χ3v) is 15.3. The summed E-state index contributed by atoms with van der Waals surface area (Å²) in [7, 11) is -5.81. The SMILES string of the molecule is O=P(N=P(c1ccccc1)(c1ccccc1)c1ccccc1)(Nc1ccccc1)[C@H]1C[C@@H]2CC[C@H]1C2. The lowest BCUT2D eigenvalue weighted by atomic mass is 10.0. The molecule has 3 nitrogen and oxygen atoms in total. The van der Waals surface area contributed by atoms with Crippen LogP contribution in [-0.2, 0) is 4.57 Å². The minimum Gasteiger partial charge on any atom is -0.319 e. The molecular formula is C31H32N2OP2. The van der Waals surface area contributed by atoms with Crippen molar-refractivity contribution in [1.82, 2.24) is 0 Å². The number of benzene rings is 4. The first kappa shape index (κ1) is 23.5. The van der Waals surface area contributed by atoms with Crippen LogP contribution >= 0.6 is 14.5 Å². The maximum absolute atomic E-state index is 15.5. The molecule has 4 aromatic rings. The summed E-state index contributed by atoms with van der Waals surface area (Å²) in [6, 6.07) is 41.7. The van der Waals surface area contributed by atoms with Gasteiger partial charge in [-0.1, -0.05) is 116 Å². The fraction of sp³-hybridized carbons (Fsp3) is 0.226. The number of fused-ring (bicyclic) bond motifs is 2. The van der Waals surface area contributed by atoms with Crippen LogP contribution in [0.3, 0.4) is 0 Å². The smallest absolute Gasteiger partial charge is 0.281 e. The summed E-state index contributed by atoms with van der Waals surface area (Å²) in [5.74, 6) is 1.16. The summed E-state index contributed by atoms with van der Waals surface area (Å²) in [6.45, 7) is 0. The van der Waals surface area contributed by atoms with Crippen molar-refractivity contribution in [2.24, 2.45) is 16.4 Å². The highest BCUT2D eigenvalue weighted by Crippen LogP contribution is 2.69. The van der Waals surface area contributed by atoms with Crippen LogP contribution in [0, 0.1) is 11.8 Å². The summed E-state index contributed by atoms with van der Waals surface area (Å²) in [4.78, 5) is 0. The Balaban J connectivity index is 1.66. The van der Waals surface area contributed by atoms with Gasteiger partial charge in [-0.2, -0.15) is 0 Å². The standard InChI is InChI=1S/C31H32N2OP2/c34-36(32-27-13-5-1-6-14-27,31-24-25-21-22-26(31)23-25)33-35(28-15-7-2-8-16-28,29-17-9-3-10-18-29)30-19-11-4-12-20-30/h1-20,25-26,31H,21-24H2,(H,32,34)/t25-,26+,31+,36?/m1/s1. The fourth-order valence-electron chi connectivity index (χ4n) is 6.24. The van der Waals surface area contributed by atoms with Crippen LogP contribution in [0.2, 0.25) is 0 Å². The molecule has 2 aliphatic carbocycles. The Bertz CT molecular complexity index is 1310. The zero-order valence-electron chi connectivity index (χ0n) is 20.4. The van der Waals surface area contributed by atoms with Gasteiger partial charge in [-0.25, -0.2) is 4.52 Å². The van der Waals surface area contributed by atoms with Gasteiger partial charge in [0.15, 0.2) is 0 Å². The molecule has 0 spiro atoms. The average Bonchev–Trinajstić information content (AvgIpc) is 3.59. The van der Waals surface area contributed by atoms with Gasteiger partial charge in [-0.15, -0.1) is 0 Å². The lowest BCUT2D eigenvalue weighted by molar-refractivity contribution is 0.466. The maximum Gasteiger partial charge on any atom is 0.281 e. The van der Waals surface area contributed by atoms with Crippen LogP contribution in [0.4, 0.5) is 5.69 Å². The Kier molecular flexibility index (Phi) is 6.46. The molecule has 2 bridgehead atoms. The first-order chi connectivity index (χ1) is 17.7. The van der Waals surface area contributed by atoms with Crippen LogP contribution in [0.15, 0.2) is 126 Å². The fourth-order valence-corrected chi connectivity index (χ4v) is 14.6. The molecule has 1 unspecified atom stereocenters. The molecule has 4 atom stereocenters. The van der Waals surface area contributed by atoms with Crippen molar-refractivity contribution >= 4 is 36.1 Å². The monoisotopic (exact) mass is 510 g/mol. The second-order valence-electron chi connectivity index (χ2n) is 10.1. The van der Waals surface area contributed by atoms with Gasteiger partial charge in [0.1, 0.15) is 0 Å². The number of rotatable bonds is 7. The van der Waals surface area contributed by atoms with Gasteiger partial charge in [0, 0.05) is 21.6 Å². The van der Waals surface area contributed by atoms with Crippen molar-refractivity contribution in [1.29, 1.82) is 0 Å². The summed E-state index contributed by atoms with van der Waals surface area (Å²) in [5, 5.41) is 6.98. The molecule has 36 heavy (non-hydrogen) atoms. The minimum atomic E-state index is -3.22. The average molecular weight is 511 g/mol. The molecule has 2 fully saturated rings. The Hall–Kier alpha value is -2.86. The number of anilines is 1. The van der Waals surface area contributed by atoms with Crippen molar-refractivity contribution in [2.45, 2.75) is 31.3 Å². The highest BCUT2D eigenvalue weighted by Gasteiger charge is 2.50. The molecule has 2 saturated carbocycles. The molecule has 6 rings (SSSR count). The molecule has 5 heteroatoms. The zero-order chi connectivity index (χ0) is 24.4. The zero-order valence-corrected chi connectivity index (χ0v) is 22.1. The Morgan fingerprint density at radius 1 is 0.611 bits per heavy atom. The molecule has 0 heterocycles. The van der Waals surface area contributed by atoms with Crippen LogP contribution < -0.4 is 21.0 Å². The predicted octanol–water partition coefficient (Wildman–Crippen LogP) is 7.66. The van der Waals surface area contributed by atoms with E-state index in [4.69, 9.17) is 4.52 Å². The molecule has 0 saturated heterocycles. The number of para-hydroxylation sites is 1. The second kappa shape index (κ2) is 9.89. The lowest BCUT2D eigenvalue weighted by Gasteiger charge is -2.34. The molecule has 0 aliphatic heterocycles. The van der Waals surface area contributed by atoms with E-state index in [2.05, 4.69) is 77.9 Å². The lowest BCUT2D eigenvalue weighted by Crippen LogP contribution is -2.27. The van der Waals surface area contributed by atoms with E-state index in [-0.39, 0.29) is 5.66 Å². The Morgan fingerprint density at radius 2 is 1.08 bits per heavy atom. The van der Waals surface area contributed by atoms with Crippen molar-refractivity contribution in [3.63, 3.8) is 0 Å².